The van der Waals surface area contributed by atoms with Crippen LogP contribution in [0.5, 0.6) is 5.75 Å². The van der Waals surface area contributed by atoms with Crippen molar-refractivity contribution in [3.05, 3.63) is 42.1 Å². The van der Waals surface area contributed by atoms with Crippen molar-refractivity contribution in [3.63, 3.8) is 0 Å². The maximum Gasteiger partial charge on any atom is 0.224 e. The predicted molar refractivity (Wildman–Crippen MR) is 92.2 cm³/mol. The minimum absolute atomic E-state index is 0.628. The van der Waals surface area contributed by atoms with Crippen LogP contribution in [0.4, 0.5) is 11.8 Å². The molecule has 6 nitrogen and oxygen atoms in total. The molecule has 2 rings (SSSR count). The van der Waals surface area contributed by atoms with Crippen LogP contribution >= 0.6 is 0 Å². The first-order chi connectivity index (χ1) is 11.3. The second-order valence-corrected chi connectivity index (χ2v) is 5.03. The van der Waals surface area contributed by atoms with E-state index in [4.69, 9.17) is 9.47 Å². The summed E-state index contributed by atoms with van der Waals surface area (Å²) in [6, 6.07) is 9.90. The van der Waals surface area contributed by atoms with Gasteiger partial charge in [0.2, 0.25) is 5.95 Å². The van der Waals surface area contributed by atoms with Crippen LogP contribution in [0.3, 0.4) is 0 Å². The number of nitrogens with zero attached hydrogens (tertiary/aromatic N) is 2. The van der Waals surface area contributed by atoms with Gasteiger partial charge in [0.05, 0.1) is 7.11 Å². The molecule has 0 radical (unpaired) electrons. The summed E-state index contributed by atoms with van der Waals surface area (Å²) in [6.45, 7) is 2.29. The molecule has 23 heavy (non-hydrogen) atoms. The summed E-state index contributed by atoms with van der Waals surface area (Å²) in [6.07, 6.45) is 3.53. The van der Waals surface area contributed by atoms with E-state index in [1.807, 2.05) is 24.3 Å². The fourth-order valence-corrected chi connectivity index (χ4v) is 2.19. The van der Waals surface area contributed by atoms with Gasteiger partial charge in [-0.2, -0.15) is 4.98 Å². The molecule has 124 valence electrons. The van der Waals surface area contributed by atoms with E-state index >= 15 is 0 Å². The number of para-hydroxylation sites is 1. The molecule has 0 aliphatic rings. The average molecular weight is 316 g/mol. The van der Waals surface area contributed by atoms with Crippen molar-refractivity contribution in [2.45, 2.75) is 12.8 Å². The molecular formula is C17H24N4O2. The molecule has 6 heteroatoms. The molecule has 0 spiro atoms. The van der Waals surface area contributed by atoms with Crippen LogP contribution in [0.15, 0.2) is 36.5 Å². The summed E-state index contributed by atoms with van der Waals surface area (Å²) in [7, 11) is 3.39. The summed E-state index contributed by atoms with van der Waals surface area (Å²) in [4.78, 5) is 8.65. The molecule has 0 amide bonds. The van der Waals surface area contributed by atoms with Crippen LogP contribution in [0.2, 0.25) is 0 Å². The first-order valence-electron chi connectivity index (χ1n) is 7.75. The van der Waals surface area contributed by atoms with Crippen molar-refractivity contribution < 1.29 is 9.47 Å². The maximum absolute atomic E-state index is 5.36. The van der Waals surface area contributed by atoms with E-state index in [1.54, 1.807) is 20.4 Å². The Morgan fingerprint density at radius 1 is 1.04 bits per heavy atom. The van der Waals surface area contributed by atoms with Gasteiger partial charge in [0, 0.05) is 33.0 Å². The topological polar surface area (TPSA) is 68.3 Å². The molecular weight excluding hydrogens is 292 g/mol. The predicted octanol–water partition coefficient (Wildman–Crippen LogP) is 2.59. The number of rotatable bonds is 10. The molecule has 1 aromatic heterocycles. The maximum atomic E-state index is 5.36. The molecule has 0 atom stereocenters. The number of hydrogen-bond donors (Lipinski definition) is 2. The van der Waals surface area contributed by atoms with Crippen LogP contribution in [0.25, 0.3) is 0 Å². The highest BCUT2D eigenvalue weighted by molar-refractivity contribution is 5.40. The van der Waals surface area contributed by atoms with Gasteiger partial charge >= 0.3 is 0 Å². The summed E-state index contributed by atoms with van der Waals surface area (Å²) >= 11 is 0. The van der Waals surface area contributed by atoms with E-state index in [0.29, 0.717) is 5.95 Å². The standard InChI is InChI=1S/C17H24N4O2/c1-22-13-5-10-19-17-20-12-9-16(21-17)18-11-8-14-6-3-4-7-15(14)23-2/h3-4,6-7,9,12H,5,8,10-11,13H2,1-2H3,(H2,18,19,20,21). The van der Waals surface area contributed by atoms with Gasteiger partial charge in [-0.25, -0.2) is 4.98 Å². The van der Waals surface area contributed by atoms with Crippen molar-refractivity contribution in [2.24, 2.45) is 0 Å². The molecule has 0 fully saturated rings. The lowest BCUT2D eigenvalue weighted by atomic mass is 10.1. The third-order valence-electron chi connectivity index (χ3n) is 3.36. The first-order valence-corrected chi connectivity index (χ1v) is 7.75. The summed E-state index contributed by atoms with van der Waals surface area (Å²) in [5.74, 6) is 2.35. The fraction of sp³-hybridized carbons (Fsp3) is 0.412. The SMILES string of the molecule is COCCCNc1nccc(NCCc2ccccc2OC)n1. The van der Waals surface area contributed by atoms with E-state index in [1.165, 1.54) is 5.56 Å². The highest BCUT2D eigenvalue weighted by Crippen LogP contribution is 2.17. The van der Waals surface area contributed by atoms with Crippen LogP contribution in [0.1, 0.15) is 12.0 Å². The van der Waals surface area contributed by atoms with E-state index in [0.717, 1.165) is 44.1 Å². The normalized spacial score (nSPS) is 10.3. The quantitative estimate of drug-likeness (QED) is 0.657. The third kappa shape index (κ3) is 5.75. The smallest absolute Gasteiger partial charge is 0.224 e. The molecule has 0 saturated carbocycles. The van der Waals surface area contributed by atoms with Gasteiger partial charge in [0.1, 0.15) is 11.6 Å². The first kappa shape index (κ1) is 17.0. The van der Waals surface area contributed by atoms with Crippen molar-refractivity contribution >= 4 is 11.8 Å². The minimum Gasteiger partial charge on any atom is -0.496 e. The monoisotopic (exact) mass is 316 g/mol. The van der Waals surface area contributed by atoms with Crippen molar-refractivity contribution in [2.75, 3.05) is 44.5 Å². The Balaban J connectivity index is 1.81. The number of anilines is 2. The summed E-state index contributed by atoms with van der Waals surface area (Å²) in [5.41, 5.74) is 1.18. The molecule has 0 saturated heterocycles. The second-order valence-electron chi connectivity index (χ2n) is 5.03. The highest BCUT2D eigenvalue weighted by Gasteiger charge is 2.02. The third-order valence-corrected chi connectivity index (χ3v) is 3.36. The summed E-state index contributed by atoms with van der Waals surface area (Å²) < 4.78 is 10.4. The van der Waals surface area contributed by atoms with Crippen LogP contribution in [0, 0.1) is 0 Å². The van der Waals surface area contributed by atoms with Gasteiger partial charge in [0.15, 0.2) is 0 Å². The zero-order chi connectivity index (χ0) is 16.3. The van der Waals surface area contributed by atoms with Gasteiger partial charge in [-0.1, -0.05) is 18.2 Å². The van der Waals surface area contributed by atoms with Gasteiger partial charge in [-0.05, 0) is 30.5 Å². The molecule has 0 bridgehead atoms. The van der Waals surface area contributed by atoms with E-state index in [-0.39, 0.29) is 0 Å². The number of benzene rings is 1. The zero-order valence-corrected chi connectivity index (χ0v) is 13.7. The van der Waals surface area contributed by atoms with Gasteiger partial charge in [0.25, 0.3) is 0 Å². The molecule has 0 unspecified atom stereocenters. The van der Waals surface area contributed by atoms with Gasteiger partial charge < -0.3 is 20.1 Å². The number of nitrogens with one attached hydrogen (secondary N) is 2. The molecule has 0 aliphatic heterocycles. The molecule has 2 N–H and O–H groups in total. The van der Waals surface area contributed by atoms with Crippen molar-refractivity contribution in [1.82, 2.24) is 9.97 Å². The molecule has 1 aromatic carbocycles. The number of hydrogen-bond acceptors (Lipinski definition) is 6. The lowest BCUT2D eigenvalue weighted by molar-refractivity contribution is 0.197. The number of methoxy groups -OCH3 is 2. The highest BCUT2D eigenvalue weighted by atomic mass is 16.5. The Morgan fingerprint density at radius 2 is 1.91 bits per heavy atom. The average Bonchev–Trinajstić information content (AvgIpc) is 2.60. The Bertz CT molecular complexity index is 592. The fourth-order valence-electron chi connectivity index (χ4n) is 2.19. The molecule has 1 heterocycles. The van der Waals surface area contributed by atoms with E-state index in [9.17, 15) is 0 Å². The Labute approximate surface area is 137 Å². The van der Waals surface area contributed by atoms with Gasteiger partial charge in [-0.3, -0.25) is 0 Å². The lowest BCUT2D eigenvalue weighted by Gasteiger charge is -2.10. The van der Waals surface area contributed by atoms with E-state index < -0.39 is 0 Å². The zero-order valence-electron chi connectivity index (χ0n) is 13.7. The molecule has 2 aromatic rings. The summed E-state index contributed by atoms with van der Waals surface area (Å²) in [5, 5.41) is 6.50. The minimum atomic E-state index is 0.628. The number of aromatic nitrogens is 2. The number of ether oxygens (including phenoxy) is 2. The van der Waals surface area contributed by atoms with Gasteiger partial charge in [-0.15, -0.1) is 0 Å². The molecule has 0 aliphatic carbocycles. The largest absolute Gasteiger partial charge is 0.496 e. The van der Waals surface area contributed by atoms with Crippen LogP contribution in [-0.4, -0.2) is 43.9 Å². The second kappa shape index (κ2) is 9.63. The Hall–Kier alpha value is -2.34. The Kier molecular flexibility index (Phi) is 7.13. The van der Waals surface area contributed by atoms with E-state index in [2.05, 4.69) is 26.7 Å². The Morgan fingerprint density at radius 3 is 2.74 bits per heavy atom. The van der Waals surface area contributed by atoms with Crippen LogP contribution in [-0.2, 0) is 11.2 Å². The van der Waals surface area contributed by atoms with Crippen molar-refractivity contribution in [3.8, 4) is 5.75 Å². The lowest BCUT2D eigenvalue weighted by Crippen LogP contribution is -2.11. The van der Waals surface area contributed by atoms with Crippen molar-refractivity contribution in [1.29, 1.82) is 0 Å². The van der Waals surface area contributed by atoms with Crippen LogP contribution < -0.4 is 15.4 Å².